The zero-order valence-electron chi connectivity index (χ0n) is 12.3. The third kappa shape index (κ3) is 2.03. The Morgan fingerprint density at radius 1 is 1.19 bits per heavy atom. The second-order valence-electron chi connectivity index (χ2n) is 5.19. The number of Topliss-reactive ketones (excluding diaryl/α,β-unsaturated/α-hetero) is 1. The first-order chi connectivity index (χ1) is 10.0. The molecule has 0 spiro atoms. The van der Waals surface area contributed by atoms with Crippen LogP contribution in [0.25, 0.3) is 0 Å². The molecule has 6 heteroatoms. The van der Waals surface area contributed by atoms with Crippen molar-refractivity contribution in [3.8, 4) is 0 Å². The van der Waals surface area contributed by atoms with E-state index in [1.807, 2.05) is 32.9 Å². The van der Waals surface area contributed by atoms with Gasteiger partial charge in [0, 0.05) is 6.54 Å². The lowest BCUT2D eigenvalue weighted by atomic mass is 10.0. The van der Waals surface area contributed by atoms with Gasteiger partial charge in [0.1, 0.15) is 12.2 Å². The Bertz CT molecular complexity index is 748. The third-order valence-corrected chi connectivity index (χ3v) is 3.71. The highest BCUT2D eigenvalue weighted by atomic mass is 16.2. The van der Waals surface area contributed by atoms with Gasteiger partial charge in [-0.3, -0.25) is 14.5 Å². The molecule has 0 saturated heterocycles. The minimum Gasteiger partial charge on any atom is -0.297 e. The predicted molar refractivity (Wildman–Crippen MR) is 77.1 cm³/mol. The van der Waals surface area contributed by atoms with Crippen molar-refractivity contribution < 1.29 is 9.59 Å². The zero-order valence-corrected chi connectivity index (χ0v) is 12.3. The van der Waals surface area contributed by atoms with Gasteiger partial charge in [-0.2, -0.15) is 5.10 Å². The van der Waals surface area contributed by atoms with Crippen LogP contribution in [0.15, 0.2) is 18.5 Å². The van der Waals surface area contributed by atoms with Crippen molar-refractivity contribution in [2.45, 2.75) is 33.9 Å². The quantitative estimate of drug-likeness (QED) is 0.804. The highest BCUT2D eigenvalue weighted by Gasteiger charge is 2.37. The van der Waals surface area contributed by atoms with E-state index >= 15 is 0 Å². The highest BCUT2D eigenvalue weighted by molar-refractivity contribution is 6.52. The average Bonchev–Trinajstić information content (AvgIpc) is 2.97. The van der Waals surface area contributed by atoms with Gasteiger partial charge in [-0.05, 0) is 38.0 Å². The molecule has 2 aromatic rings. The molecule has 0 bridgehead atoms. The van der Waals surface area contributed by atoms with Gasteiger partial charge in [-0.25, -0.2) is 9.67 Å². The van der Waals surface area contributed by atoms with E-state index in [0.717, 1.165) is 11.1 Å². The van der Waals surface area contributed by atoms with Gasteiger partial charge in [-0.1, -0.05) is 6.07 Å². The summed E-state index contributed by atoms with van der Waals surface area (Å²) in [6.07, 6.45) is 1.46. The lowest BCUT2D eigenvalue weighted by molar-refractivity contribution is -0.114. The summed E-state index contributed by atoms with van der Waals surface area (Å²) in [4.78, 5) is 30.1. The first-order valence-corrected chi connectivity index (χ1v) is 6.87. The maximum atomic E-state index is 12.3. The number of nitrogens with zero attached hydrogens (tertiary/aromatic N) is 4. The SMILES string of the molecule is CCn1ncnc1CN1C(=O)C(=O)c2c(C)cc(C)cc21. The fourth-order valence-corrected chi connectivity index (χ4v) is 2.77. The van der Waals surface area contributed by atoms with Crippen molar-refractivity contribution in [3.05, 3.63) is 41.0 Å². The molecule has 0 aliphatic carbocycles. The molecule has 0 N–H and O–H groups in total. The Morgan fingerprint density at radius 3 is 2.67 bits per heavy atom. The van der Waals surface area contributed by atoms with Crippen molar-refractivity contribution in [1.29, 1.82) is 0 Å². The average molecular weight is 284 g/mol. The van der Waals surface area contributed by atoms with Gasteiger partial charge in [0.2, 0.25) is 0 Å². The summed E-state index contributed by atoms with van der Waals surface area (Å²) in [7, 11) is 0. The first-order valence-electron chi connectivity index (χ1n) is 6.87. The molecule has 0 radical (unpaired) electrons. The van der Waals surface area contributed by atoms with Crippen LogP contribution in [0.1, 0.15) is 34.2 Å². The molecule has 21 heavy (non-hydrogen) atoms. The van der Waals surface area contributed by atoms with Crippen molar-refractivity contribution >= 4 is 17.4 Å². The summed E-state index contributed by atoms with van der Waals surface area (Å²) in [5.74, 6) is -0.264. The molecular weight excluding hydrogens is 268 g/mol. The molecule has 0 fully saturated rings. The minimum absolute atomic E-state index is 0.258. The molecule has 0 atom stereocenters. The van der Waals surface area contributed by atoms with E-state index in [1.165, 1.54) is 11.2 Å². The number of hydrogen-bond acceptors (Lipinski definition) is 4. The Hall–Kier alpha value is -2.50. The number of benzene rings is 1. The summed E-state index contributed by atoms with van der Waals surface area (Å²) >= 11 is 0. The Kier molecular flexibility index (Phi) is 3.08. The molecular formula is C15H16N4O2. The van der Waals surface area contributed by atoms with E-state index in [-0.39, 0.29) is 6.54 Å². The van der Waals surface area contributed by atoms with Crippen LogP contribution < -0.4 is 4.90 Å². The molecule has 0 saturated carbocycles. The Morgan fingerprint density at radius 2 is 1.95 bits per heavy atom. The minimum atomic E-state index is -0.496. The van der Waals surface area contributed by atoms with Gasteiger partial charge in [0.05, 0.1) is 17.8 Å². The summed E-state index contributed by atoms with van der Waals surface area (Å²) in [5.41, 5.74) is 3.04. The number of hydrogen-bond donors (Lipinski definition) is 0. The third-order valence-electron chi connectivity index (χ3n) is 3.71. The van der Waals surface area contributed by atoms with Crippen LogP contribution in [-0.4, -0.2) is 26.5 Å². The van der Waals surface area contributed by atoms with Crippen molar-refractivity contribution in [2.24, 2.45) is 0 Å². The normalized spacial score (nSPS) is 14.0. The lowest BCUT2D eigenvalue weighted by Gasteiger charge is -2.17. The van der Waals surface area contributed by atoms with Crippen LogP contribution in [0.4, 0.5) is 5.69 Å². The maximum absolute atomic E-state index is 12.3. The monoisotopic (exact) mass is 284 g/mol. The fourth-order valence-electron chi connectivity index (χ4n) is 2.77. The first kappa shape index (κ1) is 13.5. The summed E-state index contributed by atoms with van der Waals surface area (Å²) < 4.78 is 1.72. The van der Waals surface area contributed by atoms with Crippen LogP contribution in [-0.2, 0) is 17.9 Å². The van der Waals surface area contributed by atoms with Gasteiger partial charge in [0.15, 0.2) is 0 Å². The second kappa shape index (κ2) is 4.80. The van der Waals surface area contributed by atoms with Crippen molar-refractivity contribution in [3.63, 3.8) is 0 Å². The van der Waals surface area contributed by atoms with Gasteiger partial charge >= 0.3 is 0 Å². The van der Waals surface area contributed by atoms with Gasteiger partial charge in [-0.15, -0.1) is 0 Å². The van der Waals surface area contributed by atoms with E-state index in [2.05, 4.69) is 10.1 Å². The van der Waals surface area contributed by atoms with Crippen LogP contribution in [0.3, 0.4) is 0 Å². The zero-order chi connectivity index (χ0) is 15.1. The summed E-state index contributed by atoms with van der Waals surface area (Å²) in [6.45, 7) is 6.69. The molecule has 1 aliphatic rings. The maximum Gasteiger partial charge on any atom is 0.299 e. The second-order valence-corrected chi connectivity index (χ2v) is 5.19. The molecule has 1 amide bonds. The van der Waals surface area contributed by atoms with Crippen molar-refractivity contribution in [2.75, 3.05) is 4.90 Å². The number of aryl methyl sites for hydroxylation is 3. The number of aromatic nitrogens is 3. The highest BCUT2D eigenvalue weighted by Crippen LogP contribution is 2.33. The lowest BCUT2D eigenvalue weighted by Crippen LogP contribution is -2.30. The van der Waals surface area contributed by atoms with Crippen LogP contribution in [0, 0.1) is 13.8 Å². The molecule has 108 valence electrons. The molecule has 1 aromatic carbocycles. The molecule has 1 aromatic heterocycles. The summed E-state index contributed by atoms with van der Waals surface area (Å²) in [6, 6.07) is 3.79. The molecule has 3 rings (SSSR count). The van der Waals surface area contributed by atoms with E-state index < -0.39 is 11.7 Å². The standard InChI is InChI=1S/C15H16N4O2/c1-4-19-12(16-8-17-19)7-18-11-6-9(2)5-10(3)13(11)14(20)15(18)21/h5-6,8H,4,7H2,1-3H3. The molecule has 1 aliphatic heterocycles. The van der Waals surface area contributed by atoms with Gasteiger partial charge < -0.3 is 0 Å². The molecule has 6 nitrogen and oxygen atoms in total. The topological polar surface area (TPSA) is 68.1 Å². The Balaban J connectivity index is 2.06. The molecule has 0 unspecified atom stereocenters. The largest absolute Gasteiger partial charge is 0.299 e. The van der Waals surface area contributed by atoms with Crippen LogP contribution >= 0.6 is 0 Å². The number of carbonyl (C=O) groups is 2. The van der Waals surface area contributed by atoms with Crippen LogP contribution in [0.2, 0.25) is 0 Å². The number of ketones is 1. The molecule has 2 heterocycles. The van der Waals surface area contributed by atoms with E-state index in [4.69, 9.17) is 0 Å². The number of anilines is 1. The van der Waals surface area contributed by atoms with E-state index in [0.29, 0.717) is 23.6 Å². The van der Waals surface area contributed by atoms with E-state index in [9.17, 15) is 9.59 Å². The predicted octanol–water partition coefficient (Wildman–Crippen LogP) is 1.64. The number of rotatable bonds is 3. The van der Waals surface area contributed by atoms with Crippen LogP contribution in [0.5, 0.6) is 0 Å². The smallest absolute Gasteiger partial charge is 0.297 e. The number of carbonyl (C=O) groups excluding carboxylic acids is 2. The Labute approximate surface area is 122 Å². The van der Waals surface area contributed by atoms with E-state index in [1.54, 1.807) is 4.68 Å². The number of amides is 1. The van der Waals surface area contributed by atoms with Crippen molar-refractivity contribution in [1.82, 2.24) is 14.8 Å². The summed E-state index contributed by atoms with van der Waals surface area (Å²) in [5, 5.41) is 4.09. The number of fused-ring (bicyclic) bond motifs is 1. The van der Waals surface area contributed by atoms with Gasteiger partial charge in [0.25, 0.3) is 11.7 Å². The fraction of sp³-hybridized carbons (Fsp3) is 0.333.